The third-order valence-corrected chi connectivity index (χ3v) is 3.99. The Morgan fingerprint density at radius 3 is 2.60 bits per heavy atom. The summed E-state index contributed by atoms with van der Waals surface area (Å²) in [4.78, 5) is 25.0. The fourth-order valence-electron chi connectivity index (χ4n) is 2.77. The van der Waals surface area contributed by atoms with Crippen LogP contribution in [-0.2, 0) is 4.74 Å². The van der Waals surface area contributed by atoms with Crippen LogP contribution in [0.15, 0.2) is 51.7 Å². The van der Waals surface area contributed by atoms with E-state index in [1.165, 1.54) is 0 Å². The number of hydrogen-bond donors (Lipinski definition) is 0. The third-order valence-electron chi connectivity index (χ3n) is 3.99. The molecule has 0 N–H and O–H groups in total. The third kappa shape index (κ3) is 2.89. The molecule has 1 aromatic heterocycles. The Morgan fingerprint density at radius 2 is 1.88 bits per heavy atom. The first-order chi connectivity index (χ1) is 12.1. The topological polar surface area (TPSA) is 65.7 Å². The second-order valence-corrected chi connectivity index (χ2v) is 5.49. The normalized spacial score (nSPS) is 10.7. The Balaban J connectivity index is 2.35. The van der Waals surface area contributed by atoms with Crippen molar-refractivity contribution in [3.63, 3.8) is 0 Å². The molecule has 0 aliphatic carbocycles. The Hall–Kier alpha value is -3.08. The minimum atomic E-state index is -0.522. The summed E-state index contributed by atoms with van der Waals surface area (Å²) < 4.78 is 16.5. The van der Waals surface area contributed by atoms with Gasteiger partial charge in [-0.05, 0) is 38.1 Å². The fraction of sp³-hybridized carbons (Fsp3) is 0.200. The van der Waals surface area contributed by atoms with E-state index in [9.17, 15) is 9.59 Å². The second kappa shape index (κ2) is 6.81. The quantitative estimate of drug-likeness (QED) is 0.674. The Bertz CT molecular complexity index is 1000. The van der Waals surface area contributed by atoms with Crippen molar-refractivity contribution in [1.29, 1.82) is 0 Å². The van der Waals surface area contributed by atoms with Crippen LogP contribution in [0.2, 0.25) is 0 Å². The van der Waals surface area contributed by atoms with Gasteiger partial charge in [-0.2, -0.15) is 0 Å². The molecule has 0 radical (unpaired) electrons. The van der Waals surface area contributed by atoms with Crippen LogP contribution in [0.1, 0.15) is 22.8 Å². The molecule has 2 aromatic carbocycles. The molecular formula is C20H18O5. The van der Waals surface area contributed by atoms with Crippen molar-refractivity contribution in [3.05, 3.63) is 63.8 Å². The van der Waals surface area contributed by atoms with E-state index in [2.05, 4.69) is 0 Å². The Morgan fingerprint density at radius 1 is 1.12 bits per heavy atom. The van der Waals surface area contributed by atoms with Crippen molar-refractivity contribution >= 4 is 16.9 Å². The first-order valence-corrected chi connectivity index (χ1v) is 7.95. The molecule has 5 nitrogen and oxygen atoms in total. The van der Waals surface area contributed by atoms with Crippen LogP contribution in [0, 0.1) is 6.92 Å². The highest BCUT2D eigenvalue weighted by Gasteiger charge is 2.20. The van der Waals surface area contributed by atoms with Gasteiger partial charge in [-0.3, -0.25) is 4.79 Å². The zero-order valence-electron chi connectivity index (χ0n) is 14.3. The van der Waals surface area contributed by atoms with Gasteiger partial charge < -0.3 is 13.9 Å². The highest BCUT2D eigenvalue weighted by atomic mass is 16.5. The maximum Gasteiger partial charge on any atom is 0.341 e. The molecule has 0 unspecified atom stereocenters. The largest absolute Gasteiger partial charge is 0.496 e. The van der Waals surface area contributed by atoms with Gasteiger partial charge in [-0.1, -0.05) is 18.2 Å². The number of para-hydroxylation sites is 2. The van der Waals surface area contributed by atoms with Crippen molar-refractivity contribution in [2.24, 2.45) is 0 Å². The summed E-state index contributed by atoms with van der Waals surface area (Å²) in [6.07, 6.45) is 0. The van der Waals surface area contributed by atoms with Crippen LogP contribution in [-0.4, -0.2) is 19.7 Å². The molecule has 0 aliphatic rings. The van der Waals surface area contributed by atoms with E-state index in [1.54, 1.807) is 45.2 Å². The zero-order valence-corrected chi connectivity index (χ0v) is 14.3. The lowest BCUT2D eigenvalue weighted by Gasteiger charge is -2.12. The van der Waals surface area contributed by atoms with E-state index >= 15 is 0 Å². The summed E-state index contributed by atoms with van der Waals surface area (Å²) in [6.45, 7) is 3.67. The molecule has 0 saturated heterocycles. The van der Waals surface area contributed by atoms with Crippen molar-refractivity contribution in [1.82, 2.24) is 0 Å². The molecule has 25 heavy (non-hydrogen) atoms. The van der Waals surface area contributed by atoms with Gasteiger partial charge in [0.2, 0.25) is 0 Å². The summed E-state index contributed by atoms with van der Waals surface area (Å²) >= 11 is 0. The number of benzene rings is 2. The van der Waals surface area contributed by atoms with E-state index < -0.39 is 5.97 Å². The summed E-state index contributed by atoms with van der Waals surface area (Å²) in [5.74, 6) is 0.444. The molecular weight excluding hydrogens is 320 g/mol. The average Bonchev–Trinajstić information content (AvgIpc) is 2.64. The second-order valence-electron chi connectivity index (χ2n) is 5.49. The number of fused-ring (bicyclic) bond motifs is 1. The van der Waals surface area contributed by atoms with Crippen LogP contribution in [0.3, 0.4) is 0 Å². The van der Waals surface area contributed by atoms with Gasteiger partial charge in [-0.25, -0.2) is 4.79 Å². The number of hydrogen-bond acceptors (Lipinski definition) is 5. The highest BCUT2D eigenvalue weighted by molar-refractivity contribution is 6.02. The molecule has 5 heteroatoms. The zero-order chi connectivity index (χ0) is 18.0. The predicted molar refractivity (Wildman–Crippen MR) is 95.2 cm³/mol. The number of rotatable bonds is 4. The first kappa shape index (κ1) is 16.8. The molecule has 0 aliphatic heterocycles. The summed E-state index contributed by atoms with van der Waals surface area (Å²) in [5.41, 5.74) is 1.37. The molecule has 1 heterocycles. The van der Waals surface area contributed by atoms with E-state index in [0.29, 0.717) is 28.0 Å². The summed E-state index contributed by atoms with van der Waals surface area (Å²) in [7, 11) is 1.55. The Kier molecular flexibility index (Phi) is 4.57. The highest BCUT2D eigenvalue weighted by Crippen LogP contribution is 2.33. The lowest BCUT2D eigenvalue weighted by atomic mass is 10.0. The minimum Gasteiger partial charge on any atom is -0.496 e. The molecule has 0 saturated carbocycles. The minimum absolute atomic E-state index is 0.187. The maximum atomic E-state index is 12.8. The van der Waals surface area contributed by atoms with Gasteiger partial charge in [0.25, 0.3) is 0 Å². The van der Waals surface area contributed by atoms with Crippen LogP contribution < -0.4 is 10.2 Å². The molecule has 0 spiro atoms. The molecule has 0 amide bonds. The maximum absolute atomic E-state index is 12.8. The number of methoxy groups -OCH3 is 1. The summed E-state index contributed by atoms with van der Waals surface area (Å²) in [5, 5.41) is 0.349. The first-order valence-electron chi connectivity index (χ1n) is 7.95. The number of esters is 1. The standard InChI is InChI=1S/C20H18O5/c1-4-24-20(22)15-10-7-9-14-17(21)12(2)18(25-19(14)15)13-8-5-6-11-16(13)23-3/h5-11H,4H2,1-3H3. The number of ether oxygens (including phenoxy) is 2. The lowest BCUT2D eigenvalue weighted by molar-refractivity contribution is 0.0527. The van der Waals surface area contributed by atoms with Crippen molar-refractivity contribution < 1.29 is 18.7 Å². The monoisotopic (exact) mass is 338 g/mol. The van der Waals surface area contributed by atoms with E-state index in [4.69, 9.17) is 13.9 Å². The van der Waals surface area contributed by atoms with E-state index in [0.717, 1.165) is 0 Å². The number of carbonyl (C=O) groups excluding carboxylic acids is 1. The fourth-order valence-corrected chi connectivity index (χ4v) is 2.77. The molecule has 3 rings (SSSR count). The van der Waals surface area contributed by atoms with Crippen molar-refractivity contribution in [2.45, 2.75) is 13.8 Å². The van der Waals surface area contributed by atoms with Gasteiger partial charge >= 0.3 is 5.97 Å². The molecule has 0 fully saturated rings. The van der Waals surface area contributed by atoms with Crippen LogP contribution >= 0.6 is 0 Å². The number of carbonyl (C=O) groups is 1. The SMILES string of the molecule is CCOC(=O)c1cccc2c(=O)c(C)c(-c3ccccc3OC)oc12. The van der Waals surface area contributed by atoms with E-state index in [-0.39, 0.29) is 23.2 Å². The van der Waals surface area contributed by atoms with Crippen molar-refractivity contribution in [3.8, 4) is 17.1 Å². The molecule has 0 bridgehead atoms. The average molecular weight is 338 g/mol. The summed E-state index contributed by atoms with van der Waals surface area (Å²) in [6, 6.07) is 12.1. The van der Waals surface area contributed by atoms with Gasteiger partial charge in [0.1, 0.15) is 17.1 Å². The molecule has 0 atom stereocenters. The lowest BCUT2D eigenvalue weighted by Crippen LogP contribution is -2.11. The molecule has 3 aromatic rings. The molecule has 128 valence electrons. The van der Waals surface area contributed by atoms with Crippen LogP contribution in [0.25, 0.3) is 22.3 Å². The Labute approximate surface area is 144 Å². The van der Waals surface area contributed by atoms with E-state index in [1.807, 2.05) is 18.2 Å². The van der Waals surface area contributed by atoms with Crippen molar-refractivity contribution in [2.75, 3.05) is 13.7 Å². The van der Waals surface area contributed by atoms with Gasteiger partial charge in [0.15, 0.2) is 11.0 Å². The van der Waals surface area contributed by atoms with Crippen LogP contribution in [0.4, 0.5) is 0 Å². The predicted octanol–water partition coefficient (Wildman–Crippen LogP) is 3.95. The van der Waals surface area contributed by atoms with Crippen LogP contribution in [0.5, 0.6) is 5.75 Å². The van der Waals surface area contributed by atoms with Gasteiger partial charge in [0, 0.05) is 5.56 Å². The smallest absolute Gasteiger partial charge is 0.341 e. The van der Waals surface area contributed by atoms with Gasteiger partial charge in [0.05, 0.1) is 24.7 Å². The van der Waals surface area contributed by atoms with Gasteiger partial charge in [-0.15, -0.1) is 0 Å².